The highest BCUT2D eigenvalue weighted by molar-refractivity contribution is 4.82. The molecule has 0 aliphatic heterocycles. The molecule has 0 amide bonds. The minimum Gasteiger partial charge on any atom is -0.389 e. The fraction of sp³-hybridized carbons (Fsp3) is 1.00. The van der Waals surface area contributed by atoms with E-state index in [9.17, 15) is 5.11 Å². The molecule has 2 heteroatoms. The molecular formula is C14H31NO. The number of hydrogen-bond donors (Lipinski definition) is 2. The van der Waals surface area contributed by atoms with Gasteiger partial charge < -0.3 is 10.4 Å². The second-order valence-corrected chi connectivity index (χ2v) is 5.36. The van der Waals surface area contributed by atoms with Crippen molar-refractivity contribution in [2.24, 2.45) is 5.92 Å². The maximum absolute atomic E-state index is 10.5. The van der Waals surface area contributed by atoms with E-state index in [1.165, 1.54) is 0 Å². The van der Waals surface area contributed by atoms with Gasteiger partial charge in [0.1, 0.15) is 0 Å². The third-order valence-electron chi connectivity index (χ3n) is 3.37. The molecule has 0 heterocycles. The Kier molecular flexibility index (Phi) is 8.04. The highest BCUT2D eigenvalue weighted by Gasteiger charge is 2.25. The first-order valence-corrected chi connectivity index (χ1v) is 6.94. The Morgan fingerprint density at radius 1 is 1.06 bits per heavy atom. The van der Waals surface area contributed by atoms with Gasteiger partial charge in [-0.1, -0.05) is 47.5 Å². The highest BCUT2D eigenvalue weighted by atomic mass is 16.3. The van der Waals surface area contributed by atoms with Crippen molar-refractivity contribution in [2.45, 2.75) is 78.4 Å². The van der Waals surface area contributed by atoms with E-state index in [4.69, 9.17) is 0 Å². The quantitative estimate of drug-likeness (QED) is 0.635. The van der Waals surface area contributed by atoms with E-state index in [1.54, 1.807) is 0 Å². The van der Waals surface area contributed by atoms with Gasteiger partial charge in [-0.2, -0.15) is 0 Å². The zero-order valence-corrected chi connectivity index (χ0v) is 11.8. The average Bonchev–Trinajstić information content (AvgIpc) is 2.18. The van der Waals surface area contributed by atoms with Crippen LogP contribution in [0.2, 0.25) is 0 Å². The van der Waals surface area contributed by atoms with Crippen LogP contribution < -0.4 is 5.32 Å². The van der Waals surface area contributed by atoms with E-state index in [2.05, 4.69) is 39.9 Å². The molecule has 2 N–H and O–H groups in total. The third-order valence-corrected chi connectivity index (χ3v) is 3.37. The molecule has 0 aromatic heterocycles. The van der Waals surface area contributed by atoms with Gasteiger partial charge >= 0.3 is 0 Å². The molecule has 0 aliphatic carbocycles. The molecule has 0 spiro atoms. The van der Waals surface area contributed by atoms with Crippen molar-refractivity contribution in [3.63, 3.8) is 0 Å². The lowest BCUT2D eigenvalue weighted by atomic mass is 9.91. The van der Waals surface area contributed by atoms with Gasteiger partial charge in [0, 0.05) is 12.6 Å². The topological polar surface area (TPSA) is 32.3 Å². The van der Waals surface area contributed by atoms with Gasteiger partial charge in [-0.25, -0.2) is 0 Å². The van der Waals surface area contributed by atoms with Crippen molar-refractivity contribution in [3.05, 3.63) is 0 Å². The van der Waals surface area contributed by atoms with E-state index in [0.717, 1.165) is 38.6 Å². The smallest absolute Gasteiger partial charge is 0.0771 e. The lowest BCUT2D eigenvalue weighted by molar-refractivity contribution is 0.0177. The zero-order chi connectivity index (χ0) is 12.6. The molecule has 0 saturated carbocycles. The molecule has 16 heavy (non-hydrogen) atoms. The SMILES string of the molecule is CCCC(O)(CCC)CNC(CC)C(C)C. The number of nitrogens with one attached hydrogen (secondary N) is 1. The predicted molar refractivity (Wildman–Crippen MR) is 71.7 cm³/mol. The molecular weight excluding hydrogens is 198 g/mol. The molecule has 98 valence electrons. The maximum Gasteiger partial charge on any atom is 0.0771 e. The highest BCUT2D eigenvalue weighted by Crippen LogP contribution is 2.19. The van der Waals surface area contributed by atoms with E-state index in [0.29, 0.717) is 12.0 Å². The van der Waals surface area contributed by atoms with E-state index in [-0.39, 0.29) is 0 Å². The standard InChI is InChI=1S/C14H31NO/c1-6-9-14(16,10-7-2)11-15-13(8-3)12(4)5/h12-13,15-16H,6-11H2,1-5H3. The molecule has 0 aromatic rings. The summed E-state index contributed by atoms with van der Waals surface area (Å²) in [7, 11) is 0. The summed E-state index contributed by atoms with van der Waals surface area (Å²) in [5.41, 5.74) is -0.494. The molecule has 0 rings (SSSR count). The van der Waals surface area contributed by atoms with Gasteiger partial charge in [-0.3, -0.25) is 0 Å². The summed E-state index contributed by atoms with van der Waals surface area (Å²) in [5.74, 6) is 0.637. The van der Waals surface area contributed by atoms with Gasteiger partial charge in [0.15, 0.2) is 0 Å². The normalized spacial score (nSPS) is 14.4. The van der Waals surface area contributed by atoms with Crippen molar-refractivity contribution < 1.29 is 5.11 Å². The summed E-state index contributed by atoms with van der Waals surface area (Å²) < 4.78 is 0. The van der Waals surface area contributed by atoms with Gasteiger partial charge in [-0.15, -0.1) is 0 Å². The number of rotatable bonds is 9. The molecule has 2 nitrogen and oxygen atoms in total. The van der Waals surface area contributed by atoms with Crippen molar-refractivity contribution >= 4 is 0 Å². The van der Waals surface area contributed by atoms with Gasteiger partial charge in [0.05, 0.1) is 5.60 Å². The Bertz CT molecular complexity index is 162. The molecule has 0 fully saturated rings. The second-order valence-electron chi connectivity index (χ2n) is 5.36. The van der Waals surface area contributed by atoms with Crippen molar-refractivity contribution in [1.29, 1.82) is 0 Å². The van der Waals surface area contributed by atoms with Crippen LogP contribution in [0.3, 0.4) is 0 Å². The Balaban J connectivity index is 4.18. The van der Waals surface area contributed by atoms with E-state index >= 15 is 0 Å². The van der Waals surface area contributed by atoms with Gasteiger partial charge in [-0.05, 0) is 25.2 Å². The molecule has 0 aliphatic rings. The Morgan fingerprint density at radius 3 is 1.88 bits per heavy atom. The lowest BCUT2D eigenvalue weighted by Gasteiger charge is -2.31. The molecule has 0 radical (unpaired) electrons. The zero-order valence-electron chi connectivity index (χ0n) is 11.8. The van der Waals surface area contributed by atoms with E-state index in [1.807, 2.05) is 0 Å². The molecule has 1 unspecified atom stereocenters. The van der Waals surface area contributed by atoms with Crippen molar-refractivity contribution in [3.8, 4) is 0 Å². The van der Waals surface area contributed by atoms with Crippen LogP contribution in [-0.2, 0) is 0 Å². The lowest BCUT2D eigenvalue weighted by Crippen LogP contribution is -2.46. The Labute approximate surface area is 102 Å². The first-order valence-electron chi connectivity index (χ1n) is 6.94. The number of aliphatic hydroxyl groups is 1. The monoisotopic (exact) mass is 229 g/mol. The minimum absolute atomic E-state index is 0.494. The van der Waals surface area contributed by atoms with E-state index < -0.39 is 5.60 Å². The fourth-order valence-electron chi connectivity index (χ4n) is 2.41. The first kappa shape index (κ1) is 15.9. The summed E-state index contributed by atoms with van der Waals surface area (Å²) in [6, 6.07) is 0.528. The predicted octanol–water partition coefficient (Wildman–Crippen LogP) is 3.34. The van der Waals surface area contributed by atoms with Gasteiger partial charge in [0.25, 0.3) is 0 Å². The van der Waals surface area contributed by atoms with Crippen LogP contribution >= 0.6 is 0 Å². The van der Waals surface area contributed by atoms with Crippen LogP contribution in [0, 0.1) is 5.92 Å². The van der Waals surface area contributed by atoms with Crippen LogP contribution in [0.4, 0.5) is 0 Å². The summed E-state index contributed by atoms with van der Waals surface area (Å²) in [4.78, 5) is 0. The largest absolute Gasteiger partial charge is 0.389 e. The summed E-state index contributed by atoms with van der Waals surface area (Å²) in [5, 5.41) is 14.0. The van der Waals surface area contributed by atoms with Crippen LogP contribution in [-0.4, -0.2) is 23.3 Å². The average molecular weight is 229 g/mol. The fourth-order valence-corrected chi connectivity index (χ4v) is 2.41. The van der Waals surface area contributed by atoms with Crippen molar-refractivity contribution in [2.75, 3.05) is 6.54 Å². The summed E-state index contributed by atoms with van der Waals surface area (Å²) in [6.45, 7) is 11.7. The summed E-state index contributed by atoms with van der Waals surface area (Å²) in [6.07, 6.45) is 5.05. The first-order chi connectivity index (χ1) is 7.49. The van der Waals surface area contributed by atoms with Crippen LogP contribution in [0.1, 0.15) is 66.7 Å². The third kappa shape index (κ3) is 5.86. The summed E-state index contributed by atoms with van der Waals surface area (Å²) >= 11 is 0. The number of hydrogen-bond acceptors (Lipinski definition) is 2. The van der Waals surface area contributed by atoms with Crippen molar-refractivity contribution in [1.82, 2.24) is 5.32 Å². The Hall–Kier alpha value is -0.0800. The molecule has 1 atom stereocenters. The Morgan fingerprint density at radius 2 is 1.56 bits per heavy atom. The molecule has 0 bridgehead atoms. The van der Waals surface area contributed by atoms with Crippen LogP contribution in [0.15, 0.2) is 0 Å². The molecule has 0 saturated heterocycles. The second kappa shape index (κ2) is 8.08. The maximum atomic E-state index is 10.5. The minimum atomic E-state index is -0.494. The molecule has 0 aromatic carbocycles. The van der Waals surface area contributed by atoms with Gasteiger partial charge in [0.2, 0.25) is 0 Å². The van der Waals surface area contributed by atoms with Crippen LogP contribution in [0.25, 0.3) is 0 Å². The van der Waals surface area contributed by atoms with Crippen LogP contribution in [0.5, 0.6) is 0 Å².